The van der Waals surface area contributed by atoms with E-state index in [-0.39, 0.29) is 0 Å². The molecule has 3 heteroatoms. The van der Waals surface area contributed by atoms with Gasteiger partial charge in [0.15, 0.2) is 0 Å². The Hall–Kier alpha value is -0.670. The number of anilines is 1. The van der Waals surface area contributed by atoms with E-state index in [2.05, 4.69) is 17.9 Å². The second-order valence-electron chi connectivity index (χ2n) is 2.95. The molecule has 0 aliphatic rings. The second kappa shape index (κ2) is 5.14. The van der Waals surface area contributed by atoms with Crippen molar-refractivity contribution in [3.8, 4) is 0 Å². The lowest BCUT2D eigenvalue weighted by Gasteiger charge is -2.08. The van der Waals surface area contributed by atoms with Crippen LogP contribution in [0.5, 0.6) is 0 Å². The molecule has 0 saturated carbocycles. The highest BCUT2D eigenvalue weighted by Crippen LogP contribution is 2.16. The maximum absolute atomic E-state index is 9.33. The quantitative estimate of drug-likeness (QED) is 0.646. The smallest absolute Gasteiger partial charge is 0.0762 e. The van der Waals surface area contributed by atoms with Gasteiger partial charge in [-0.3, -0.25) is 0 Å². The molecule has 0 fully saturated rings. The highest BCUT2D eigenvalue weighted by atomic mass is 32.1. The molecule has 0 amide bonds. The van der Waals surface area contributed by atoms with Crippen LogP contribution in [0.1, 0.15) is 18.6 Å². The monoisotopic (exact) mass is 197 g/mol. The summed E-state index contributed by atoms with van der Waals surface area (Å²) >= 11 is 4.11. The normalized spacial score (nSPS) is 12.5. The summed E-state index contributed by atoms with van der Waals surface area (Å²) in [6.45, 7) is 2.60. The molecule has 2 nitrogen and oxygen atoms in total. The van der Waals surface area contributed by atoms with Crippen molar-refractivity contribution in [1.29, 1.82) is 0 Å². The van der Waals surface area contributed by atoms with Crippen molar-refractivity contribution in [3.63, 3.8) is 0 Å². The minimum Gasteiger partial charge on any atom is -0.389 e. The van der Waals surface area contributed by atoms with Crippen molar-refractivity contribution in [3.05, 3.63) is 29.8 Å². The molecule has 1 aromatic rings. The Kier molecular flexibility index (Phi) is 4.12. The van der Waals surface area contributed by atoms with Crippen LogP contribution in [-0.4, -0.2) is 17.4 Å². The summed E-state index contributed by atoms with van der Waals surface area (Å²) < 4.78 is 0. The van der Waals surface area contributed by atoms with E-state index in [4.69, 9.17) is 0 Å². The Morgan fingerprint density at radius 1 is 1.54 bits per heavy atom. The van der Waals surface area contributed by atoms with Gasteiger partial charge in [-0.2, -0.15) is 12.6 Å². The number of hydrogen-bond donors (Lipinski definition) is 3. The summed E-state index contributed by atoms with van der Waals surface area (Å²) in [7, 11) is 0. The van der Waals surface area contributed by atoms with Crippen LogP contribution in [0.3, 0.4) is 0 Å². The molecule has 0 aromatic heterocycles. The molecule has 0 spiro atoms. The molecule has 1 unspecified atom stereocenters. The molecule has 0 aliphatic heterocycles. The van der Waals surface area contributed by atoms with Gasteiger partial charge >= 0.3 is 0 Å². The summed E-state index contributed by atoms with van der Waals surface area (Å²) in [5.74, 6) is 0.804. The van der Waals surface area contributed by atoms with Gasteiger partial charge in [0.1, 0.15) is 0 Å². The van der Waals surface area contributed by atoms with E-state index in [1.807, 2.05) is 24.3 Å². The lowest BCUT2D eigenvalue weighted by Crippen LogP contribution is -2.03. The van der Waals surface area contributed by atoms with Gasteiger partial charge in [-0.15, -0.1) is 0 Å². The first-order valence-electron chi connectivity index (χ1n) is 4.37. The minimum atomic E-state index is -0.405. The van der Waals surface area contributed by atoms with Crippen LogP contribution in [0, 0.1) is 0 Å². The second-order valence-corrected chi connectivity index (χ2v) is 3.40. The van der Waals surface area contributed by atoms with Crippen LogP contribution in [-0.2, 0) is 0 Å². The Labute approximate surface area is 84.4 Å². The maximum Gasteiger partial charge on any atom is 0.0762 e. The Morgan fingerprint density at radius 3 is 2.92 bits per heavy atom. The van der Waals surface area contributed by atoms with E-state index in [1.54, 1.807) is 6.92 Å². The predicted molar refractivity (Wildman–Crippen MR) is 59.4 cm³/mol. The standard InChI is InChI=1S/C10H15NOS/c1-8(12)9-3-2-4-10(7-9)11-5-6-13/h2-4,7-8,11-13H,5-6H2,1H3. The first-order valence-corrected chi connectivity index (χ1v) is 5.00. The minimum absolute atomic E-state index is 0.405. The fourth-order valence-corrected chi connectivity index (χ4v) is 1.22. The molecular weight excluding hydrogens is 182 g/mol. The van der Waals surface area contributed by atoms with Crippen molar-refractivity contribution in [1.82, 2.24) is 0 Å². The largest absolute Gasteiger partial charge is 0.389 e. The van der Waals surface area contributed by atoms with Crippen molar-refractivity contribution in [2.24, 2.45) is 0 Å². The highest BCUT2D eigenvalue weighted by Gasteiger charge is 2.00. The fraction of sp³-hybridized carbons (Fsp3) is 0.400. The van der Waals surface area contributed by atoms with Crippen molar-refractivity contribution in [2.45, 2.75) is 13.0 Å². The number of rotatable bonds is 4. The van der Waals surface area contributed by atoms with E-state index < -0.39 is 6.10 Å². The topological polar surface area (TPSA) is 32.3 Å². The van der Waals surface area contributed by atoms with E-state index >= 15 is 0 Å². The van der Waals surface area contributed by atoms with Gasteiger partial charge < -0.3 is 10.4 Å². The first-order chi connectivity index (χ1) is 6.24. The van der Waals surface area contributed by atoms with Gasteiger partial charge in [-0.25, -0.2) is 0 Å². The molecule has 0 aliphatic carbocycles. The van der Waals surface area contributed by atoms with E-state index in [9.17, 15) is 5.11 Å². The third-order valence-corrected chi connectivity index (χ3v) is 2.03. The molecule has 13 heavy (non-hydrogen) atoms. The zero-order valence-corrected chi connectivity index (χ0v) is 8.59. The van der Waals surface area contributed by atoms with Gasteiger partial charge in [0.25, 0.3) is 0 Å². The molecule has 1 rings (SSSR count). The van der Waals surface area contributed by atoms with Crippen LogP contribution in [0.2, 0.25) is 0 Å². The van der Waals surface area contributed by atoms with E-state index in [1.165, 1.54) is 0 Å². The summed E-state index contributed by atoms with van der Waals surface area (Å²) in [5, 5.41) is 12.5. The zero-order valence-electron chi connectivity index (χ0n) is 7.70. The Morgan fingerprint density at radius 2 is 2.31 bits per heavy atom. The molecule has 1 aromatic carbocycles. The first kappa shape index (κ1) is 10.4. The van der Waals surface area contributed by atoms with Crippen molar-refractivity contribution < 1.29 is 5.11 Å². The number of aliphatic hydroxyl groups is 1. The van der Waals surface area contributed by atoms with E-state index in [0.29, 0.717) is 0 Å². The third kappa shape index (κ3) is 3.28. The summed E-state index contributed by atoms with van der Waals surface area (Å²) in [4.78, 5) is 0. The summed E-state index contributed by atoms with van der Waals surface area (Å²) in [6.07, 6.45) is -0.405. The number of hydrogen-bond acceptors (Lipinski definition) is 3. The van der Waals surface area contributed by atoms with Gasteiger partial charge in [-0.05, 0) is 24.6 Å². The molecule has 1 atom stereocenters. The van der Waals surface area contributed by atoms with E-state index in [0.717, 1.165) is 23.5 Å². The number of aliphatic hydroxyl groups excluding tert-OH is 1. The lowest BCUT2D eigenvalue weighted by atomic mass is 10.1. The molecule has 0 heterocycles. The summed E-state index contributed by atoms with van der Waals surface area (Å²) in [6, 6.07) is 7.78. The van der Waals surface area contributed by atoms with Crippen molar-refractivity contribution >= 4 is 18.3 Å². The zero-order chi connectivity index (χ0) is 9.68. The number of thiol groups is 1. The SMILES string of the molecule is CC(O)c1cccc(NCCS)c1. The summed E-state index contributed by atoms with van der Waals surface area (Å²) in [5.41, 5.74) is 1.97. The Bertz CT molecular complexity index is 263. The molecule has 72 valence electrons. The van der Waals surface area contributed by atoms with Crippen LogP contribution in [0.25, 0.3) is 0 Å². The molecule has 0 radical (unpaired) electrons. The Balaban J connectivity index is 2.68. The van der Waals surface area contributed by atoms with Crippen molar-refractivity contribution in [2.75, 3.05) is 17.6 Å². The molecular formula is C10H15NOS. The number of benzene rings is 1. The average molecular weight is 197 g/mol. The molecule has 0 saturated heterocycles. The molecule has 2 N–H and O–H groups in total. The van der Waals surface area contributed by atoms with Gasteiger partial charge in [0.05, 0.1) is 6.10 Å². The van der Waals surface area contributed by atoms with Crippen LogP contribution < -0.4 is 5.32 Å². The fourth-order valence-electron chi connectivity index (χ4n) is 1.11. The highest BCUT2D eigenvalue weighted by molar-refractivity contribution is 7.80. The van der Waals surface area contributed by atoms with Crippen LogP contribution >= 0.6 is 12.6 Å². The molecule has 0 bridgehead atoms. The average Bonchev–Trinajstić information content (AvgIpc) is 2.15. The van der Waals surface area contributed by atoms with Gasteiger partial charge in [-0.1, -0.05) is 12.1 Å². The lowest BCUT2D eigenvalue weighted by molar-refractivity contribution is 0.199. The van der Waals surface area contributed by atoms with Gasteiger partial charge in [0.2, 0.25) is 0 Å². The van der Waals surface area contributed by atoms with Crippen LogP contribution in [0.15, 0.2) is 24.3 Å². The predicted octanol–water partition coefficient (Wildman–Crippen LogP) is 2.08. The van der Waals surface area contributed by atoms with Gasteiger partial charge in [0, 0.05) is 18.0 Å². The number of nitrogens with one attached hydrogen (secondary N) is 1. The third-order valence-electron chi connectivity index (χ3n) is 1.81. The maximum atomic E-state index is 9.33. The van der Waals surface area contributed by atoms with Crippen LogP contribution in [0.4, 0.5) is 5.69 Å².